The van der Waals surface area contributed by atoms with Gasteiger partial charge in [0.1, 0.15) is 18.5 Å². The summed E-state index contributed by atoms with van der Waals surface area (Å²) in [6.07, 6.45) is 0.765. The van der Waals surface area contributed by atoms with Gasteiger partial charge in [-0.3, -0.25) is 0 Å². The molecule has 3 rings (SSSR count). The Bertz CT molecular complexity index is 662. The molecule has 0 spiro atoms. The highest BCUT2D eigenvalue weighted by Crippen LogP contribution is 2.32. The number of hydrogen-bond acceptors (Lipinski definition) is 4. The summed E-state index contributed by atoms with van der Waals surface area (Å²) in [4.78, 5) is 12.4. The maximum Gasteiger partial charge on any atom is 0.349 e. The van der Waals surface area contributed by atoms with Gasteiger partial charge < -0.3 is 14.6 Å². The molecule has 110 valence electrons. The summed E-state index contributed by atoms with van der Waals surface area (Å²) < 4.78 is 11.5. The predicted octanol–water partition coefficient (Wildman–Crippen LogP) is 3.45. The molecule has 0 radical (unpaired) electrons. The molecule has 0 amide bonds. The molecule has 0 saturated carbocycles. The summed E-state index contributed by atoms with van der Waals surface area (Å²) >= 11 is 1.23. The van der Waals surface area contributed by atoms with E-state index in [2.05, 4.69) is 6.07 Å². The highest BCUT2D eigenvalue weighted by Gasteiger charge is 2.22. The number of rotatable bonds is 4. The zero-order chi connectivity index (χ0) is 14.8. The van der Waals surface area contributed by atoms with Crippen molar-refractivity contribution in [1.82, 2.24) is 0 Å². The number of hydrogen-bond donors (Lipinski definition) is 1. The molecule has 0 bridgehead atoms. The van der Waals surface area contributed by atoms with Crippen LogP contribution in [0.4, 0.5) is 0 Å². The smallest absolute Gasteiger partial charge is 0.349 e. The molecule has 0 saturated heterocycles. The minimum Gasteiger partial charge on any atom is -0.489 e. The number of carbonyl (C=O) groups is 1. The Labute approximate surface area is 126 Å². The minimum absolute atomic E-state index is 0.142. The van der Waals surface area contributed by atoms with Gasteiger partial charge >= 0.3 is 5.97 Å². The molecular formula is C16H16O4S. The average molecular weight is 304 g/mol. The van der Waals surface area contributed by atoms with E-state index in [-0.39, 0.29) is 11.0 Å². The molecule has 4 nitrogen and oxygen atoms in total. The first-order chi connectivity index (χ1) is 10.1. The number of ether oxygens (including phenoxy) is 2. The zero-order valence-corrected chi connectivity index (χ0v) is 12.5. The Morgan fingerprint density at radius 2 is 2.29 bits per heavy atom. The minimum atomic E-state index is -0.951. The molecule has 0 fully saturated rings. The number of fused-ring (bicyclic) bond motifs is 1. The van der Waals surface area contributed by atoms with E-state index in [4.69, 9.17) is 9.47 Å². The quantitative estimate of drug-likeness (QED) is 0.940. The number of carboxylic acids is 1. The van der Waals surface area contributed by atoms with Crippen molar-refractivity contribution < 1.29 is 19.4 Å². The molecule has 2 heterocycles. The molecule has 1 aromatic carbocycles. The summed E-state index contributed by atoms with van der Waals surface area (Å²) in [6, 6.07) is 9.91. The largest absolute Gasteiger partial charge is 0.489 e. The molecule has 1 unspecified atom stereocenters. The van der Waals surface area contributed by atoms with E-state index in [1.165, 1.54) is 16.9 Å². The van der Waals surface area contributed by atoms with Crippen LogP contribution in [0.1, 0.15) is 31.8 Å². The second kappa shape index (κ2) is 5.87. The standard InChI is InChI=1S/C16H16O4S/c1-10-8-13(15(21-10)16(17)18)20-9-14-12-5-3-2-4-11(12)6-7-19-14/h2-5,8,14H,6-7,9H2,1H3,(H,17,18). The lowest BCUT2D eigenvalue weighted by Crippen LogP contribution is -2.21. The number of aromatic carboxylic acids is 1. The van der Waals surface area contributed by atoms with Gasteiger partial charge in [-0.15, -0.1) is 11.3 Å². The summed E-state index contributed by atoms with van der Waals surface area (Å²) in [5, 5.41) is 9.17. The van der Waals surface area contributed by atoms with Crippen molar-refractivity contribution >= 4 is 17.3 Å². The topological polar surface area (TPSA) is 55.8 Å². The van der Waals surface area contributed by atoms with Crippen molar-refractivity contribution in [3.05, 3.63) is 51.2 Å². The van der Waals surface area contributed by atoms with Crippen LogP contribution in [0.15, 0.2) is 30.3 Å². The van der Waals surface area contributed by atoms with Crippen molar-refractivity contribution in [2.45, 2.75) is 19.4 Å². The molecule has 1 aliphatic rings. The maximum atomic E-state index is 11.2. The lowest BCUT2D eigenvalue weighted by molar-refractivity contribution is 0.00993. The van der Waals surface area contributed by atoms with E-state index in [0.29, 0.717) is 19.0 Å². The maximum absolute atomic E-state index is 11.2. The van der Waals surface area contributed by atoms with Gasteiger partial charge in [0.2, 0.25) is 0 Å². The lowest BCUT2D eigenvalue weighted by Gasteiger charge is -2.25. The molecule has 0 aliphatic carbocycles. The second-order valence-electron chi connectivity index (χ2n) is 4.97. The predicted molar refractivity (Wildman–Crippen MR) is 80.3 cm³/mol. The van der Waals surface area contributed by atoms with Crippen LogP contribution in [0.3, 0.4) is 0 Å². The van der Waals surface area contributed by atoms with Gasteiger partial charge in [-0.1, -0.05) is 24.3 Å². The third kappa shape index (κ3) is 2.94. The van der Waals surface area contributed by atoms with Crippen LogP contribution in [-0.4, -0.2) is 24.3 Å². The Kier molecular flexibility index (Phi) is 3.94. The van der Waals surface area contributed by atoms with E-state index in [9.17, 15) is 9.90 Å². The average Bonchev–Trinajstić information content (AvgIpc) is 2.86. The highest BCUT2D eigenvalue weighted by atomic mass is 32.1. The Morgan fingerprint density at radius 1 is 1.48 bits per heavy atom. The summed E-state index contributed by atoms with van der Waals surface area (Å²) in [5.41, 5.74) is 2.41. The number of thiophene rings is 1. The van der Waals surface area contributed by atoms with Crippen LogP contribution in [0.2, 0.25) is 0 Å². The van der Waals surface area contributed by atoms with Crippen LogP contribution in [0.5, 0.6) is 5.75 Å². The van der Waals surface area contributed by atoms with Gasteiger partial charge in [0.05, 0.1) is 6.61 Å². The van der Waals surface area contributed by atoms with Crippen molar-refractivity contribution in [2.75, 3.05) is 13.2 Å². The summed E-state index contributed by atoms with van der Waals surface area (Å²) in [6.45, 7) is 2.86. The number of carboxylic acid groups (broad SMARTS) is 1. The van der Waals surface area contributed by atoms with E-state index >= 15 is 0 Å². The number of benzene rings is 1. The van der Waals surface area contributed by atoms with Gasteiger partial charge in [0, 0.05) is 4.88 Å². The zero-order valence-electron chi connectivity index (χ0n) is 11.7. The molecular weight excluding hydrogens is 288 g/mol. The van der Waals surface area contributed by atoms with Crippen LogP contribution >= 0.6 is 11.3 Å². The third-order valence-electron chi connectivity index (χ3n) is 3.50. The first kappa shape index (κ1) is 14.1. The molecule has 2 aromatic rings. The summed E-state index contributed by atoms with van der Waals surface area (Å²) in [7, 11) is 0. The molecule has 1 atom stereocenters. The van der Waals surface area contributed by atoms with E-state index in [0.717, 1.165) is 16.9 Å². The van der Waals surface area contributed by atoms with Crippen molar-refractivity contribution in [2.24, 2.45) is 0 Å². The molecule has 1 aromatic heterocycles. The first-order valence-corrected chi connectivity index (χ1v) is 7.62. The fourth-order valence-electron chi connectivity index (χ4n) is 2.53. The fourth-order valence-corrected chi connectivity index (χ4v) is 3.32. The molecule has 1 N–H and O–H groups in total. The number of aryl methyl sites for hydroxylation is 1. The summed E-state index contributed by atoms with van der Waals surface area (Å²) in [5.74, 6) is -0.523. The normalized spacial score (nSPS) is 17.3. The molecule has 21 heavy (non-hydrogen) atoms. The van der Waals surface area contributed by atoms with Crippen LogP contribution < -0.4 is 4.74 Å². The van der Waals surface area contributed by atoms with Crippen molar-refractivity contribution in [3.8, 4) is 5.75 Å². The Hall–Kier alpha value is -1.85. The van der Waals surface area contributed by atoms with Crippen LogP contribution in [0, 0.1) is 6.92 Å². The monoisotopic (exact) mass is 304 g/mol. The van der Waals surface area contributed by atoms with Crippen molar-refractivity contribution in [3.63, 3.8) is 0 Å². The van der Waals surface area contributed by atoms with E-state index < -0.39 is 5.97 Å². The van der Waals surface area contributed by atoms with Gasteiger partial charge in [0.25, 0.3) is 0 Å². The Balaban J connectivity index is 1.76. The third-order valence-corrected chi connectivity index (χ3v) is 4.52. The SMILES string of the molecule is Cc1cc(OCC2OCCc3ccccc32)c(C(=O)O)s1. The Morgan fingerprint density at radius 3 is 3.10 bits per heavy atom. The van der Waals surface area contributed by atoms with E-state index in [1.54, 1.807) is 6.07 Å². The van der Waals surface area contributed by atoms with Crippen LogP contribution in [-0.2, 0) is 11.2 Å². The van der Waals surface area contributed by atoms with Crippen molar-refractivity contribution in [1.29, 1.82) is 0 Å². The highest BCUT2D eigenvalue weighted by molar-refractivity contribution is 7.14. The van der Waals surface area contributed by atoms with Crippen LogP contribution in [0.25, 0.3) is 0 Å². The van der Waals surface area contributed by atoms with Gasteiger partial charge in [-0.25, -0.2) is 4.79 Å². The van der Waals surface area contributed by atoms with Gasteiger partial charge in [0.15, 0.2) is 4.88 Å². The van der Waals surface area contributed by atoms with Gasteiger partial charge in [-0.05, 0) is 30.5 Å². The van der Waals surface area contributed by atoms with E-state index in [1.807, 2.05) is 25.1 Å². The molecule has 1 aliphatic heterocycles. The molecule has 5 heteroatoms. The first-order valence-electron chi connectivity index (χ1n) is 6.81. The van der Waals surface area contributed by atoms with Gasteiger partial charge in [-0.2, -0.15) is 0 Å². The fraction of sp³-hybridized carbons (Fsp3) is 0.312. The second-order valence-corrected chi connectivity index (χ2v) is 6.23. The lowest BCUT2D eigenvalue weighted by atomic mass is 9.98.